The number of hydrogen-bond acceptors (Lipinski definition) is 1. The van der Waals surface area contributed by atoms with Gasteiger partial charge in [-0.2, -0.15) is 0 Å². The SMILES string of the molecule is C#C/C=C/C=C(\C)C(=O)O. The van der Waals surface area contributed by atoms with Gasteiger partial charge in [-0.15, -0.1) is 6.42 Å². The molecule has 1 N–H and O–H groups in total. The van der Waals surface area contributed by atoms with E-state index < -0.39 is 5.97 Å². The highest BCUT2D eigenvalue weighted by molar-refractivity contribution is 5.86. The molecule has 0 aliphatic heterocycles. The quantitative estimate of drug-likeness (QED) is 0.352. The maximum absolute atomic E-state index is 10.1. The summed E-state index contributed by atoms with van der Waals surface area (Å²) >= 11 is 0. The molecule has 0 atom stereocenters. The number of allylic oxidation sites excluding steroid dienone is 3. The maximum atomic E-state index is 10.1. The van der Waals surface area contributed by atoms with E-state index in [2.05, 4.69) is 5.92 Å². The molecule has 0 aromatic carbocycles. The second-order valence-electron chi connectivity index (χ2n) is 1.68. The number of rotatable bonds is 2. The first-order valence-electron chi connectivity index (χ1n) is 2.71. The molecule has 10 heavy (non-hydrogen) atoms. The van der Waals surface area contributed by atoms with Crippen LogP contribution in [0.2, 0.25) is 0 Å². The summed E-state index contributed by atoms with van der Waals surface area (Å²) < 4.78 is 0. The van der Waals surface area contributed by atoms with Crippen molar-refractivity contribution in [2.24, 2.45) is 0 Å². The van der Waals surface area contributed by atoms with E-state index in [0.29, 0.717) is 0 Å². The first-order valence-corrected chi connectivity index (χ1v) is 2.71. The zero-order valence-electron chi connectivity index (χ0n) is 5.66. The Bertz CT molecular complexity index is 216. The molecular weight excluding hydrogens is 128 g/mol. The highest BCUT2D eigenvalue weighted by Crippen LogP contribution is 1.91. The van der Waals surface area contributed by atoms with Gasteiger partial charge in [0.05, 0.1) is 0 Å². The molecule has 0 unspecified atom stereocenters. The summed E-state index contributed by atoms with van der Waals surface area (Å²) in [5.41, 5.74) is 0.270. The third-order valence-electron chi connectivity index (χ3n) is 0.876. The summed E-state index contributed by atoms with van der Waals surface area (Å²) in [4.78, 5) is 10.1. The van der Waals surface area contributed by atoms with E-state index in [9.17, 15) is 4.79 Å². The van der Waals surface area contributed by atoms with E-state index in [1.807, 2.05) is 0 Å². The third kappa shape index (κ3) is 3.50. The Morgan fingerprint density at radius 3 is 2.70 bits per heavy atom. The van der Waals surface area contributed by atoms with Crippen molar-refractivity contribution in [3.63, 3.8) is 0 Å². The first kappa shape index (κ1) is 8.51. The Balaban J connectivity index is 4.08. The molecule has 0 aliphatic carbocycles. The molecule has 52 valence electrons. The number of carbonyl (C=O) groups is 1. The van der Waals surface area contributed by atoms with Crippen LogP contribution in [0.1, 0.15) is 6.92 Å². The van der Waals surface area contributed by atoms with Crippen molar-refractivity contribution in [2.45, 2.75) is 6.92 Å². The van der Waals surface area contributed by atoms with Crippen LogP contribution in [0.4, 0.5) is 0 Å². The lowest BCUT2D eigenvalue weighted by molar-refractivity contribution is -0.132. The number of hydrogen-bond donors (Lipinski definition) is 1. The van der Waals surface area contributed by atoms with Crippen LogP contribution in [0, 0.1) is 12.3 Å². The number of carboxylic acids is 1. The van der Waals surface area contributed by atoms with Gasteiger partial charge in [0, 0.05) is 5.57 Å². The molecule has 0 aromatic heterocycles. The van der Waals surface area contributed by atoms with Crippen LogP contribution < -0.4 is 0 Å². The number of terminal acetylenes is 1. The van der Waals surface area contributed by atoms with E-state index in [1.165, 1.54) is 25.2 Å². The summed E-state index contributed by atoms with van der Waals surface area (Å²) in [5, 5.41) is 8.33. The van der Waals surface area contributed by atoms with E-state index in [0.717, 1.165) is 0 Å². The minimum atomic E-state index is -0.929. The van der Waals surface area contributed by atoms with Crippen LogP contribution in [0.25, 0.3) is 0 Å². The zero-order valence-corrected chi connectivity index (χ0v) is 5.66. The maximum Gasteiger partial charge on any atom is 0.331 e. The fourth-order valence-electron chi connectivity index (χ4n) is 0.319. The van der Waals surface area contributed by atoms with Crippen molar-refractivity contribution in [1.29, 1.82) is 0 Å². The molecule has 0 radical (unpaired) electrons. The standard InChI is InChI=1S/C8H8O2/c1-3-4-5-6-7(2)8(9)10/h1,4-6H,2H3,(H,9,10)/b5-4+,7-6+. The van der Waals surface area contributed by atoms with E-state index in [1.54, 1.807) is 0 Å². The van der Waals surface area contributed by atoms with Gasteiger partial charge in [-0.1, -0.05) is 18.1 Å². The molecular formula is C8H8O2. The molecule has 0 aromatic rings. The van der Waals surface area contributed by atoms with Gasteiger partial charge in [0.15, 0.2) is 0 Å². The molecule has 2 heteroatoms. The normalized spacial score (nSPS) is 11.4. The van der Waals surface area contributed by atoms with E-state index in [-0.39, 0.29) is 5.57 Å². The Labute approximate surface area is 59.9 Å². The molecule has 2 nitrogen and oxygen atoms in total. The molecule has 0 bridgehead atoms. The van der Waals surface area contributed by atoms with Crippen molar-refractivity contribution in [1.82, 2.24) is 0 Å². The van der Waals surface area contributed by atoms with Crippen molar-refractivity contribution in [2.75, 3.05) is 0 Å². The topological polar surface area (TPSA) is 37.3 Å². The van der Waals surface area contributed by atoms with Crippen molar-refractivity contribution >= 4 is 5.97 Å². The lowest BCUT2D eigenvalue weighted by Crippen LogP contribution is -1.94. The predicted molar refractivity (Wildman–Crippen MR) is 39.4 cm³/mol. The monoisotopic (exact) mass is 136 g/mol. The summed E-state index contributed by atoms with van der Waals surface area (Å²) in [6, 6.07) is 0. The second-order valence-corrected chi connectivity index (χ2v) is 1.68. The summed E-state index contributed by atoms with van der Waals surface area (Å²) in [6.45, 7) is 1.50. The molecule has 0 heterocycles. The van der Waals surface area contributed by atoms with Crippen LogP contribution in [-0.2, 0) is 4.79 Å². The van der Waals surface area contributed by atoms with Crippen molar-refractivity contribution in [3.8, 4) is 12.3 Å². The second kappa shape index (κ2) is 4.39. The van der Waals surface area contributed by atoms with Gasteiger partial charge in [-0.25, -0.2) is 4.79 Å². The smallest absolute Gasteiger partial charge is 0.331 e. The van der Waals surface area contributed by atoms with E-state index in [4.69, 9.17) is 11.5 Å². The summed E-state index contributed by atoms with van der Waals surface area (Å²) in [6.07, 6.45) is 9.28. The average molecular weight is 136 g/mol. The minimum Gasteiger partial charge on any atom is -0.478 e. The Hall–Kier alpha value is -1.49. The lowest BCUT2D eigenvalue weighted by atomic mass is 10.3. The summed E-state index contributed by atoms with van der Waals surface area (Å²) in [7, 11) is 0. The molecule has 0 saturated carbocycles. The van der Waals surface area contributed by atoms with Gasteiger partial charge >= 0.3 is 5.97 Å². The Morgan fingerprint density at radius 1 is 1.70 bits per heavy atom. The Kier molecular flexibility index (Phi) is 3.74. The van der Waals surface area contributed by atoms with Gasteiger partial charge in [0.2, 0.25) is 0 Å². The Morgan fingerprint density at radius 2 is 2.30 bits per heavy atom. The van der Waals surface area contributed by atoms with Crippen LogP contribution in [-0.4, -0.2) is 11.1 Å². The summed E-state index contributed by atoms with van der Waals surface area (Å²) in [5.74, 6) is 1.31. The van der Waals surface area contributed by atoms with Gasteiger partial charge < -0.3 is 5.11 Å². The van der Waals surface area contributed by atoms with E-state index >= 15 is 0 Å². The van der Waals surface area contributed by atoms with Gasteiger partial charge in [-0.05, 0) is 13.0 Å². The number of carboxylic acid groups (broad SMARTS) is 1. The van der Waals surface area contributed by atoms with Crippen molar-refractivity contribution < 1.29 is 9.90 Å². The van der Waals surface area contributed by atoms with Gasteiger partial charge in [0.25, 0.3) is 0 Å². The zero-order chi connectivity index (χ0) is 7.98. The largest absolute Gasteiger partial charge is 0.478 e. The van der Waals surface area contributed by atoms with Crippen LogP contribution >= 0.6 is 0 Å². The first-order chi connectivity index (χ1) is 4.68. The third-order valence-corrected chi connectivity index (χ3v) is 0.876. The van der Waals surface area contributed by atoms with Gasteiger partial charge in [-0.3, -0.25) is 0 Å². The van der Waals surface area contributed by atoms with Crippen LogP contribution in [0.15, 0.2) is 23.8 Å². The molecule has 0 fully saturated rings. The minimum absolute atomic E-state index is 0.270. The van der Waals surface area contributed by atoms with Crippen molar-refractivity contribution in [3.05, 3.63) is 23.8 Å². The molecule has 0 aliphatic rings. The van der Waals surface area contributed by atoms with Gasteiger partial charge in [0.1, 0.15) is 0 Å². The predicted octanol–water partition coefficient (Wildman–Crippen LogP) is 1.21. The fraction of sp³-hybridized carbons (Fsp3) is 0.125. The molecule has 0 spiro atoms. The molecule has 0 amide bonds. The highest BCUT2D eigenvalue weighted by Gasteiger charge is 1.94. The van der Waals surface area contributed by atoms with Crippen LogP contribution in [0.3, 0.4) is 0 Å². The fourth-order valence-corrected chi connectivity index (χ4v) is 0.319. The highest BCUT2D eigenvalue weighted by atomic mass is 16.4. The molecule has 0 saturated heterocycles. The average Bonchev–Trinajstić information content (AvgIpc) is 1.88. The number of aliphatic carboxylic acids is 1. The molecule has 0 rings (SSSR count). The lowest BCUT2D eigenvalue weighted by Gasteiger charge is -1.85. The van der Waals surface area contributed by atoms with Crippen LogP contribution in [0.5, 0.6) is 0 Å².